The number of carbonyl (C=O) groups is 1. The third-order valence-electron chi connectivity index (χ3n) is 5.07. The number of rotatable bonds is 6. The molecule has 1 saturated carbocycles. The Morgan fingerprint density at radius 1 is 1.36 bits per heavy atom. The molecule has 0 bridgehead atoms. The van der Waals surface area contributed by atoms with Gasteiger partial charge in [-0.15, -0.1) is 0 Å². The summed E-state index contributed by atoms with van der Waals surface area (Å²) >= 11 is 0. The van der Waals surface area contributed by atoms with Crippen LogP contribution < -0.4 is 14.8 Å². The van der Waals surface area contributed by atoms with Crippen molar-refractivity contribution in [2.24, 2.45) is 11.8 Å². The molecule has 0 unspecified atom stereocenters. The maximum atomic E-state index is 12.4. The molecule has 25 heavy (non-hydrogen) atoms. The molecule has 1 N–H and O–H groups in total. The third-order valence-corrected chi connectivity index (χ3v) is 5.07. The summed E-state index contributed by atoms with van der Waals surface area (Å²) in [5.74, 6) is 1.13. The molecular formula is C18H26N2O5. The van der Waals surface area contributed by atoms with Crippen LogP contribution in [0, 0.1) is 22.0 Å². The van der Waals surface area contributed by atoms with Crippen molar-refractivity contribution >= 4 is 11.6 Å². The van der Waals surface area contributed by atoms with Crippen molar-refractivity contribution in [1.82, 2.24) is 5.32 Å². The van der Waals surface area contributed by atoms with Gasteiger partial charge in [-0.3, -0.25) is 14.9 Å². The number of nitro benzene ring substituents is 1. The molecule has 0 aromatic heterocycles. The van der Waals surface area contributed by atoms with Crippen LogP contribution in [0.3, 0.4) is 0 Å². The van der Waals surface area contributed by atoms with Crippen LogP contribution in [-0.4, -0.2) is 30.1 Å². The Kier molecular flexibility index (Phi) is 6.22. The zero-order valence-corrected chi connectivity index (χ0v) is 15.2. The van der Waals surface area contributed by atoms with E-state index in [1.165, 1.54) is 25.7 Å². The van der Waals surface area contributed by atoms with Gasteiger partial charge in [0.25, 0.3) is 5.91 Å². The summed E-state index contributed by atoms with van der Waals surface area (Å²) in [6, 6.07) is 4.42. The first kappa shape index (κ1) is 19.0. The van der Waals surface area contributed by atoms with E-state index in [1.54, 1.807) is 13.0 Å². The second-order valence-corrected chi connectivity index (χ2v) is 6.73. The summed E-state index contributed by atoms with van der Waals surface area (Å²) < 4.78 is 10.6. The number of nitro groups is 1. The molecule has 2 rings (SSSR count). The fraction of sp³-hybridized carbons (Fsp3) is 0.611. The molecule has 1 aliphatic carbocycles. The SMILES string of the molecule is COc1ccc(O[C@H](C)C(=O)N[C@@H]2CCC[C@H](C)[C@H]2C)c([N+](=O)[O-])c1. The number of ether oxygens (including phenoxy) is 2. The molecule has 1 amide bonds. The highest BCUT2D eigenvalue weighted by molar-refractivity contribution is 5.81. The highest BCUT2D eigenvalue weighted by Gasteiger charge is 2.30. The van der Waals surface area contributed by atoms with Gasteiger partial charge in [0.2, 0.25) is 0 Å². The minimum Gasteiger partial charge on any atom is -0.496 e. The van der Waals surface area contributed by atoms with E-state index in [2.05, 4.69) is 19.2 Å². The standard InChI is InChI=1S/C18H26N2O5/c1-11-6-5-7-15(12(11)2)19-18(21)13(3)25-17-9-8-14(24-4)10-16(17)20(22)23/h8-13,15H,5-7H2,1-4H3,(H,19,21)/t11-,12+,13+,15+/m0/s1. The molecule has 4 atom stereocenters. The number of nitrogens with zero attached hydrogens (tertiary/aromatic N) is 1. The van der Waals surface area contributed by atoms with Crippen LogP contribution in [0.15, 0.2) is 18.2 Å². The van der Waals surface area contributed by atoms with E-state index in [9.17, 15) is 14.9 Å². The molecular weight excluding hydrogens is 324 g/mol. The van der Waals surface area contributed by atoms with E-state index < -0.39 is 11.0 Å². The Balaban J connectivity index is 2.05. The fourth-order valence-electron chi connectivity index (χ4n) is 3.20. The van der Waals surface area contributed by atoms with Gasteiger partial charge in [0, 0.05) is 6.04 Å². The van der Waals surface area contributed by atoms with Crippen LogP contribution in [-0.2, 0) is 4.79 Å². The van der Waals surface area contributed by atoms with Crippen LogP contribution in [0.2, 0.25) is 0 Å². The lowest BCUT2D eigenvalue weighted by atomic mass is 9.78. The second-order valence-electron chi connectivity index (χ2n) is 6.73. The lowest BCUT2D eigenvalue weighted by Crippen LogP contribution is -2.48. The first-order valence-electron chi connectivity index (χ1n) is 8.63. The lowest BCUT2D eigenvalue weighted by molar-refractivity contribution is -0.386. The van der Waals surface area contributed by atoms with Crippen molar-refractivity contribution in [3.8, 4) is 11.5 Å². The van der Waals surface area contributed by atoms with E-state index >= 15 is 0 Å². The highest BCUT2D eigenvalue weighted by Crippen LogP contribution is 2.32. The van der Waals surface area contributed by atoms with Crippen LogP contribution in [0.1, 0.15) is 40.0 Å². The highest BCUT2D eigenvalue weighted by atomic mass is 16.6. The third kappa shape index (κ3) is 4.61. The van der Waals surface area contributed by atoms with Gasteiger partial charge in [0.15, 0.2) is 11.9 Å². The number of methoxy groups -OCH3 is 1. The van der Waals surface area contributed by atoms with E-state index in [0.717, 1.165) is 12.8 Å². The average molecular weight is 350 g/mol. The average Bonchev–Trinajstić information content (AvgIpc) is 2.59. The van der Waals surface area contributed by atoms with Gasteiger partial charge >= 0.3 is 5.69 Å². The molecule has 0 aliphatic heterocycles. The number of hydrogen-bond donors (Lipinski definition) is 1. The summed E-state index contributed by atoms with van der Waals surface area (Å²) in [5, 5.41) is 14.2. The first-order chi connectivity index (χ1) is 11.8. The van der Waals surface area contributed by atoms with Gasteiger partial charge in [-0.05, 0) is 37.3 Å². The lowest BCUT2D eigenvalue weighted by Gasteiger charge is -2.35. The topological polar surface area (TPSA) is 90.7 Å². The number of hydrogen-bond acceptors (Lipinski definition) is 5. The predicted octanol–water partition coefficient (Wildman–Crippen LogP) is 3.31. The summed E-state index contributed by atoms with van der Waals surface area (Å²) in [6.45, 7) is 5.94. The van der Waals surface area contributed by atoms with Gasteiger partial charge in [0.1, 0.15) is 5.75 Å². The number of benzene rings is 1. The Morgan fingerprint density at radius 3 is 2.72 bits per heavy atom. The summed E-state index contributed by atoms with van der Waals surface area (Å²) in [6.07, 6.45) is 2.40. The van der Waals surface area contributed by atoms with Crippen LogP contribution in [0.5, 0.6) is 11.5 Å². The van der Waals surface area contributed by atoms with Gasteiger partial charge in [-0.25, -0.2) is 0 Å². The van der Waals surface area contributed by atoms with E-state index in [0.29, 0.717) is 17.6 Å². The molecule has 7 heteroatoms. The maximum absolute atomic E-state index is 12.4. The summed E-state index contributed by atoms with van der Waals surface area (Å²) in [7, 11) is 1.43. The van der Waals surface area contributed by atoms with Gasteiger partial charge in [-0.1, -0.05) is 26.7 Å². The Bertz CT molecular complexity index is 634. The van der Waals surface area contributed by atoms with Gasteiger partial charge < -0.3 is 14.8 Å². The Hall–Kier alpha value is -2.31. The molecule has 0 heterocycles. The van der Waals surface area contributed by atoms with Crippen molar-refractivity contribution in [1.29, 1.82) is 0 Å². The molecule has 0 saturated heterocycles. The molecule has 1 fully saturated rings. The van der Waals surface area contributed by atoms with Crippen molar-refractivity contribution < 1.29 is 19.2 Å². The summed E-state index contributed by atoms with van der Waals surface area (Å²) in [4.78, 5) is 23.1. The number of nitrogens with one attached hydrogen (secondary N) is 1. The zero-order chi connectivity index (χ0) is 18.6. The number of amides is 1. The fourth-order valence-corrected chi connectivity index (χ4v) is 3.20. The van der Waals surface area contributed by atoms with E-state index in [4.69, 9.17) is 9.47 Å². The molecule has 1 aromatic carbocycles. The second kappa shape index (κ2) is 8.18. The minimum absolute atomic E-state index is 0.0542. The van der Waals surface area contributed by atoms with Crippen molar-refractivity contribution in [3.05, 3.63) is 28.3 Å². The van der Waals surface area contributed by atoms with E-state index in [-0.39, 0.29) is 23.4 Å². The predicted molar refractivity (Wildman–Crippen MR) is 93.8 cm³/mol. The minimum atomic E-state index is -0.823. The van der Waals surface area contributed by atoms with Crippen molar-refractivity contribution in [3.63, 3.8) is 0 Å². The quantitative estimate of drug-likeness (QED) is 0.628. The van der Waals surface area contributed by atoms with E-state index in [1.807, 2.05) is 0 Å². The Morgan fingerprint density at radius 2 is 2.08 bits per heavy atom. The molecule has 1 aromatic rings. The molecule has 138 valence electrons. The van der Waals surface area contributed by atoms with Crippen molar-refractivity contribution in [2.75, 3.05) is 7.11 Å². The maximum Gasteiger partial charge on any atom is 0.314 e. The molecule has 0 radical (unpaired) electrons. The Labute approximate surface area is 147 Å². The molecule has 7 nitrogen and oxygen atoms in total. The molecule has 1 aliphatic rings. The zero-order valence-electron chi connectivity index (χ0n) is 15.2. The van der Waals surface area contributed by atoms with Gasteiger partial charge in [0.05, 0.1) is 18.1 Å². The van der Waals surface area contributed by atoms with Gasteiger partial charge in [-0.2, -0.15) is 0 Å². The first-order valence-corrected chi connectivity index (χ1v) is 8.63. The largest absolute Gasteiger partial charge is 0.496 e. The normalized spacial score (nSPS) is 24.2. The van der Waals surface area contributed by atoms with Crippen LogP contribution >= 0.6 is 0 Å². The van der Waals surface area contributed by atoms with Crippen LogP contribution in [0.4, 0.5) is 5.69 Å². The van der Waals surface area contributed by atoms with Crippen molar-refractivity contribution in [2.45, 2.75) is 52.2 Å². The molecule has 0 spiro atoms. The number of carbonyl (C=O) groups excluding carboxylic acids is 1. The smallest absolute Gasteiger partial charge is 0.314 e. The van der Waals surface area contributed by atoms with Crippen LogP contribution in [0.25, 0.3) is 0 Å². The monoisotopic (exact) mass is 350 g/mol. The summed E-state index contributed by atoms with van der Waals surface area (Å²) in [5.41, 5.74) is -0.223.